The molecule has 9 nitrogen and oxygen atoms in total. The monoisotopic (exact) mass is 440 g/mol. The third kappa shape index (κ3) is 5.15. The van der Waals surface area contributed by atoms with Gasteiger partial charge in [-0.05, 0) is 62.3 Å². The Morgan fingerprint density at radius 1 is 1.23 bits per heavy atom. The summed E-state index contributed by atoms with van der Waals surface area (Å²) < 4.78 is 1.79. The van der Waals surface area contributed by atoms with Crippen LogP contribution in [-0.4, -0.2) is 49.8 Å². The van der Waals surface area contributed by atoms with Crippen LogP contribution in [-0.2, 0) is 9.59 Å². The van der Waals surface area contributed by atoms with Crippen molar-refractivity contribution in [1.82, 2.24) is 20.2 Å². The second kappa shape index (κ2) is 9.52. The number of amides is 1. The van der Waals surface area contributed by atoms with Crippen molar-refractivity contribution in [2.24, 2.45) is 0 Å². The molecule has 0 fully saturated rings. The molecule has 3 rings (SSSR count). The highest BCUT2D eigenvalue weighted by Crippen LogP contribution is 2.27. The van der Waals surface area contributed by atoms with E-state index in [0.29, 0.717) is 11.4 Å². The normalized spacial score (nSPS) is 11.7. The summed E-state index contributed by atoms with van der Waals surface area (Å²) in [7, 11) is 0. The zero-order valence-corrected chi connectivity index (χ0v) is 18.3. The molecule has 0 bridgehead atoms. The molecular formula is C21H24N6O3S. The summed E-state index contributed by atoms with van der Waals surface area (Å²) in [6.45, 7) is 5.88. The molecule has 0 saturated heterocycles. The zero-order chi connectivity index (χ0) is 22.5. The van der Waals surface area contributed by atoms with Gasteiger partial charge in [0.15, 0.2) is 0 Å². The quantitative estimate of drug-likeness (QED) is 0.460. The number of H-pyrrole nitrogens is 1. The Hall–Kier alpha value is -3.53. The van der Waals surface area contributed by atoms with Crippen LogP contribution < -0.4 is 10.2 Å². The van der Waals surface area contributed by atoms with Gasteiger partial charge in [0.2, 0.25) is 10.7 Å². The van der Waals surface area contributed by atoms with Gasteiger partial charge in [0.05, 0.1) is 12.1 Å². The number of carbonyl (C=O) groups excluding carboxylic acids is 1. The average molecular weight is 441 g/mol. The van der Waals surface area contributed by atoms with Crippen LogP contribution in [0.2, 0.25) is 0 Å². The Balaban J connectivity index is 1.86. The number of aryl methyl sites for hydroxylation is 2. The largest absolute Gasteiger partial charge is 0.481 e. The maximum Gasteiger partial charge on any atom is 0.305 e. The van der Waals surface area contributed by atoms with E-state index in [2.05, 4.69) is 20.8 Å². The van der Waals surface area contributed by atoms with Gasteiger partial charge in [-0.25, -0.2) is 4.68 Å². The second-order valence-electron chi connectivity index (χ2n) is 7.21. The Labute approximate surface area is 184 Å². The Kier molecular flexibility index (Phi) is 6.81. The second-order valence-corrected chi connectivity index (χ2v) is 7.58. The SMILES string of the molecule is Cc1cccc(C)c1N(CCC(=O)O)C(C)C(=O)Nc1cccc(-n2[nH]nnc2=S)c1. The molecule has 3 aromatic rings. The third-order valence-electron chi connectivity index (χ3n) is 4.98. The molecule has 31 heavy (non-hydrogen) atoms. The maximum absolute atomic E-state index is 13.1. The molecule has 0 aliphatic heterocycles. The van der Waals surface area contributed by atoms with Crippen LogP contribution in [0.1, 0.15) is 24.5 Å². The van der Waals surface area contributed by atoms with E-state index in [1.807, 2.05) is 43.0 Å². The molecule has 1 aromatic heterocycles. The van der Waals surface area contributed by atoms with Crippen molar-refractivity contribution >= 4 is 35.5 Å². The number of para-hydroxylation sites is 1. The number of benzene rings is 2. The van der Waals surface area contributed by atoms with Crippen LogP contribution in [0.3, 0.4) is 0 Å². The Bertz CT molecular complexity index is 1140. The Morgan fingerprint density at radius 3 is 2.52 bits per heavy atom. The number of nitrogens with zero attached hydrogens (tertiary/aromatic N) is 4. The molecule has 1 atom stereocenters. The average Bonchev–Trinajstić information content (AvgIpc) is 3.15. The molecule has 162 valence electrons. The minimum atomic E-state index is -0.915. The van der Waals surface area contributed by atoms with Crippen molar-refractivity contribution in [2.45, 2.75) is 33.2 Å². The summed E-state index contributed by atoms with van der Waals surface area (Å²) in [5, 5.41) is 22.2. The van der Waals surface area contributed by atoms with Crippen molar-refractivity contribution in [3.05, 3.63) is 58.4 Å². The van der Waals surface area contributed by atoms with E-state index in [1.165, 1.54) is 4.68 Å². The van der Waals surface area contributed by atoms with Crippen molar-refractivity contribution < 1.29 is 14.7 Å². The van der Waals surface area contributed by atoms with Gasteiger partial charge in [-0.3, -0.25) is 9.59 Å². The highest BCUT2D eigenvalue weighted by Gasteiger charge is 2.25. The van der Waals surface area contributed by atoms with Crippen LogP contribution >= 0.6 is 12.2 Å². The van der Waals surface area contributed by atoms with E-state index >= 15 is 0 Å². The molecule has 3 N–H and O–H groups in total. The minimum Gasteiger partial charge on any atom is -0.481 e. The van der Waals surface area contributed by atoms with Crippen molar-refractivity contribution in [3.63, 3.8) is 0 Å². The van der Waals surface area contributed by atoms with Crippen LogP contribution in [0.25, 0.3) is 5.69 Å². The molecule has 0 saturated carbocycles. The number of hydrogen-bond donors (Lipinski definition) is 3. The van der Waals surface area contributed by atoms with Gasteiger partial charge in [0.1, 0.15) is 6.04 Å². The lowest BCUT2D eigenvalue weighted by Gasteiger charge is -2.32. The fourth-order valence-electron chi connectivity index (χ4n) is 3.45. The lowest BCUT2D eigenvalue weighted by Crippen LogP contribution is -2.44. The van der Waals surface area contributed by atoms with Gasteiger partial charge in [-0.15, -0.1) is 0 Å². The van der Waals surface area contributed by atoms with Crippen LogP contribution in [0.4, 0.5) is 11.4 Å². The fraction of sp³-hybridized carbons (Fsp3) is 0.286. The van der Waals surface area contributed by atoms with Crippen LogP contribution in [0.5, 0.6) is 0 Å². The first kappa shape index (κ1) is 22.2. The highest BCUT2D eigenvalue weighted by molar-refractivity contribution is 7.71. The van der Waals surface area contributed by atoms with Gasteiger partial charge >= 0.3 is 5.97 Å². The molecule has 10 heteroatoms. The summed E-state index contributed by atoms with van der Waals surface area (Å²) >= 11 is 5.12. The molecule has 0 aliphatic rings. The van der Waals surface area contributed by atoms with Gasteiger partial charge in [-0.1, -0.05) is 34.6 Å². The zero-order valence-electron chi connectivity index (χ0n) is 17.5. The van der Waals surface area contributed by atoms with E-state index in [4.69, 9.17) is 12.2 Å². The van der Waals surface area contributed by atoms with Crippen molar-refractivity contribution in [3.8, 4) is 5.69 Å². The highest BCUT2D eigenvalue weighted by atomic mass is 32.1. The van der Waals surface area contributed by atoms with Crippen LogP contribution in [0.15, 0.2) is 42.5 Å². The van der Waals surface area contributed by atoms with E-state index in [-0.39, 0.29) is 23.6 Å². The van der Waals surface area contributed by atoms with Gasteiger partial charge in [0.25, 0.3) is 0 Å². The maximum atomic E-state index is 13.1. The molecule has 1 heterocycles. The van der Waals surface area contributed by atoms with Gasteiger partial charge < -0.3 is 15.3 Å². The summed E-state index contributed by atoms with van der Waals surface area (Å²) in [4.78, 5) is 26.2. The number of nitrogens with one attached hydrogen (secondary N) is 2. The van der Waals surface area contributed by atoms with Gasteiger partial charge in [0, 0.05) is 17.9 Å². The lowest BCUT2D eigenvalue weighted by molar-refractivity contribution is -0.136. The molecular weight excluding hydrogens is 416 g/mol. The molecule has 0 aliphatic carbocycles. The topological polar surface area (TPSA) is 116 Å². The van der Waals surface area contributed by atoms with Gasteiger partial charge in [-0.2, -0.15) is 5.21 Å². The van der Waals surface area contributed by atoms with Crippen molar-refractivity contribution in [2.75, 3.05) is 16.8 Å². The smallest absolute Gasteiger partial charge is 0.305 e. The summed E-state index contributed by atoms with van der Waals surface area (Å²) in [6, 6.07) is 12.4. The number of anilines is 2. The lowest BCUT2D eigenvalue weighted by atomic mass is 10.1. The number of aromatic nitrogens is 4. The summed E-state index contributed by atoms with van der Waals surface area (Å²) in [6.07, 6.45) is -0.0774. The fourth-order valence-corrected chi connectivity index (χ4v) is 3.64. The molecule has 0 spiro atoms. The first-order valence-electron chi connectivity index (χ1n) is 9.74. The number of tetrazole rings is 1. The number of carboxylic acid groups (broad SMARTS) is 1. The number of aromatic amines is 1. The van der Waals surface area contributed by atoms with E-state index in [1.54, 1.807) is 25.1 Å². The first-order chi connectivity index (χ1) is 14.8. The number of aliphatic carboxylic acids is 1. The predicted molar refractivity (Wildman–Crippen MR) is 120 cm³/mol. The van der Waals surface area contributed by atoms with Crippen molar-refractivity contribution in [1.29, 1.82) is 0 Å². The van der Waals surface area contributed by atoms with E-state index in [9.17, 15) is 14.7 Å². The first-order valence-corrected chi connectivity index (χ1v) is 10.1. The Morgan fingerprint density at radius 2 is 1.90 bits per heavy atom. The number of carboxylic acids is 1. The molecule has 2 aromatic carbocycles. The number of hydrogen-bond acceptors (Lipinski definition) is 6. The summed E-state index contributed by atoms with van der Waals surface area (Å²) in [5.41, 5.74) is 4.08. The summed E-state index contributed by atoms with van der Waals surface area (Å²) in [5.74, 6) is -1.17. The van der Waals surface area contributed by atoms with E-state index in [0.717, 1.165) is 16.8 Å². The van der Waals surface area contributed by atoms with Crippen LogP contribution in [0, 0.1) is 18.6 Å². The number of rotatable bonds is 8. The molecule has 1 amide bonds. The molecule has 1 unspecified atom stereocenters. The standard InChI is InChI=1S/C21H24N6O3S/c1-13-6-4-7-14(2)19(13)26(11-10-18(28)29)15(3)20(30)22-16-8-5-9-17(12-16)27-21(31)23-24-25-27/h4-9,12,15H,10-11H2,1-3H3,(H,22,30)(H,28,29)(H,23,25,31). The predicted octanol–water partition coefficient (Wildman–Crippen LogP) is 3.25. The van der Waals surface area contributed by atoms with E-state index < -0.39 is 12.0 Å². The minimum absolute atomic E-state index is 0.0774. The number of carbonyl (C=O) groups is 2. The third-order valence-corrected chi connectivity index (χ3v) is 5.25. The molecule has 0 radical (unpaired) electrons.